The summed E-state index contributed by atoms with van der Waals surface area (Å²) >= 11 is 0. The summed E-state index contributed by atoms with van der Waals surface area (Å²) in [5.41, 5.74) is -0.350. The lowest BCUT2D eigenvalue weighted by Crippen LogP contribution is -2.49. The van der Waals surface area contributed by atoms with Gasteiger partial charge >= 0.3 is 0 Å². The third kappa shape index (κ3) is 5.02. The van der Waals surface area contributed by atoms with Crippen LogP contribution in [0.2, 0.25) is 0 Å². The largest absolute Gasteiger partial charge is 0.490 e. The van der Waals surface area contributed by atoms with Crippen LogP contribution >= 0.6 is 0 Å². The molecule has 1 aromatic carbocycles. The third-order valence-electron chi connectivity index (χ3n) is 5.57. The average Bonchev–Trinajstić information content (AvgIpc) is 2.68. The number of hydrogen-bond donors (Lipinski definition) is 0. The van der Waals surface area contributed by atoms with Gasteiger partial charge in [-0.3, -0.25) is 9.59 Å². The zero-order chi connectivity index (χ0) is 19.4. The second kappa shape index (κ2) is 8.32. The molecule has 2 amide bonds. The molecule has 1 aromatic rings. The Balaban J connectivity index is 1.44. The lowest BCUT2D eigenvalue weighted by atomic mass is 9.90. The maximum atomic E-state index is 12.9. The van der Waals surface area contributed by atoms with Crippen LogP contribution in [0, 0.1) is 11.3 Å². The summed E-state index contributed by atoms with van der Waals surface area (Å²) in [6.07, 6.45) is 3.49. The number of para-hydroxylation sites is 1. The molecular weight excluding hydrogens is 340 g/mol. The van der Waals surface area contributed by atoms with Crippen molar-refractivity contribution < 1.29 is 14.3 Å². The van der Waals surface area contributed by atoms with Crippen molar-refractivity contribution in [3.05, 3.63) is 30.3 Å². The maximum absolute atomic E-state index is 12.9. The molecule has 2 aliphatic heterocycles. The first-order valence-corrected chi connectivity index (χ1v) is 10.1. The molecule has 0 aliphatic carbocycles. The topological polar surface area (TPSA) is 49.9 Å². The molecule has 2 saturated heterocycles. The van der Waals surface area contributed by atoms with Crippen molar-refractivity contribution >= 4 is 11.8 Å². The number of piperidine rings is 2. The van der Waals surface area contributed by atoms with Crippen LogP contribution in [-0.4, -0.2) is 53.9 Å². The molecule has 5 nitrogen and oxygen atoms in total. The summed E-state index contributed by atoms with van der Waals surface area (Å²) in [7, 11) is 0. The van der Waals surface area contributed by atoms with Crippen molar-refractivity contribution in [2.75, 3.05) is 26.2 Å². The number of hydrogen-bond acceptors (Lipinski definition) is 3. The number of likely N-dealkylation sites (tertiary alicyclic amines) is 2. The van der Waals surface area contributed by atoms with Gasteiger partial charge in [-0.25, -0.2) is 0 Å². The van der Waals surface area contributed by atoms with Crippen molar-refractivity contribution in [1.82, 2.24) is 9.80 Å². The van der Waals surface area contributed by atoms with Crippen LogP contribution < -0.4 is 4.74 Å². The van der Waals surface area contributed by atoms with E-state index in [0.717, 1.165) is 44.5 Å². The Hall–Kier alpha value is -2.04. The first-order chi connectivity index (χ1) is 12.8. The number of nitrogens with zero attached hydrogens (tertiary/aromatic N) is 2. The molecule has 0 atom stereocenters. The van der Waals surface area contributed by atoms with E-state index in [1.165, 1.54) is 0 Å². The SMILES string of the molecule is CC(C)(C)C(=O)N1CCC(C(=O)N2CCC(Oc3ccccc3)CC2)CC1. The second-order valence-corrected chi connectivity index (χ2v) is 8.77. The molecule has 3 rings (SSSR count). The van der Waals surface area contributed by atoms with Crippen molar-refractivity contribution in [3.8, 4) is 5.75 Å². The van der Waals surface area contributed by atoms with E-state index in [1.54, 1.807) is 0 Å². The van der Waals surface area contributed by atoms with Gasteiger partial charge in [-0.1, -0.05) is 39.0 Å². The fourth-order valence-corrected chi connectivity index (χ4v) is 3.95. The summed E-state index contributed by atoms with van der Waals surface area (Å²) < 4.78 is 6.02. The van der Waals surface area contributed by atoms with E-state index >= 15 is 0 Å². The molecular formula is C22H32N2O3. The van der Waals surface area contributed by atoms with Gasteiger partial charge in [0.1, 0.15) is 11.9 Å². The van der Waals surface area contributed by atoms with Crippen LogP contribution in [0.4, 0.5) is 0 Å². The molecule has 0 spiro atoms. The highest BCUT2D eigenvalue weighted by molar-refractivity contribution is 5.82. The average molecular weight is 373 g/mol. The standard InChI is InChI=1S/C22H32N2O3/c1-22(2,3)21(26)24-13-9-17(10-14-24)20(25)23-15-11-19(12-16-23)27-18-7-5-4-6-8-18/h4-8,17,19H,9-16H2,1-3H3. The Bertz CT molecular complexity index is 637. The summed E-state index contributed by atoms with van der Waals surface area (Å²) in [5.74, 6) is 1.40. The number of ether oxygens (including phenoxy) is 1. The predicted octanol–water partition coefficient (Wildman–Crippen LogP) is 3.34. The van der Waals surface area contributed by atoms with Gasteiger partial charge in [0.05, 0.1) is 0 Å². The molecule has 27 heavy (non-hydrogen) atoms. The summed E-state index contributed by atoms with van der Waals surface area (Å²) in [6.45, 7) is 8.77. The summed E-state index contributed by atoms with van der Waals surface area (Å²) in [6, 6.07) is 9.89. The van der Waals surface area contributed by atoms with E-state index in [1.807, 2.05) is 60.9 Å². The minimum Gasteiger partial charge on any atom is -0.490 e. The molecule has 5 heteroatoms. The molecule has 0 N–H and O–H groups in total. The minimum atomic E-state index is -0.350. The zero-order valence-electron chi connectivity index (χ0n) is 16.8. The van der Waals surface area contributed by atoms with Gasteiger partial charge in [0, 0.05) is 50.4 Å². The quantitative estimate of drug-likeness (QED) is 0.818. The highest BCUT2D eigenvalue weighted by atomic mass is 16.5. The van der Waals surface area contributed by atoms with Crippen LogP contribution in [0.3, 0.4) is 0 Å². The minimum absolute atomic E-state index is 0.0561. The normalized spacial score (nSPS) is 19.8. The van der Waals surface area contributed by atoms with E-state index in [-0.39, 0.29) is 29.3 Å². The highest BCUT2D eigenvalue weighted by Crippen LogP contribution is 2.26. The molecule has 0 aromatic heterocycles. The second-order valence-electron chi connectivity index (χ2n) is 8.77. The van der Waals surface area contributed by atoms with Crippen LogP contribution in [0.5, 0.6) is 5.75 Å². The van der Waals surface area contributed by atoms with Crippen LogP contribution in [-0.2, 0) is 9.59 Å². The van der Waals surface area contributed by atoms with E-state index in [4.69, 9.17) is 4.74 Å². The van der Waals surface area contributed by atoms with E-state index in [9.17, 15) is 9.59 Å². The van der Waals surface area contributed by atoms with Crippen molar-refractivity contribution in [2.45, 2.75) is 52.6 Å². The van der Waals surface area contributed by atoms with E-state index < -0.39 is 0 Å². The van der Waals surface area contributed by atoms with Gasteiger partial charge in [-0.05, 0) is 25.0 Å². The van der Waals surface area contributed by atoms with Crippen molar-refractivity contribution in [3.63, 3.8) is 0 Å². The van der Waals surface area contributed by atoms with Crippen molar-refractivity contribution in [2.24, 2.45) is 11.3 Å². The predicted molar refractivity (Wildman–Crippen MR) is 105 cm³/mol. The fraction of sp³-hybridized carbons (Fsp3) is 0.636. The van der Waals surface area contributed by atoms with Gasteiger partial charge in [0.2, 0.25) is 11.8 Å². The monoisotopic (exact) mass is 372 g/mol. The molecule has 2 fully saturated rings. The first-order valence-electron chi connectivity index (χ1n) is 10.1. The number of carbonyl (C=O) groups is 2. The summed E-state index contributed by atoms with van der Waals surface area (Å²) in [4.78, 5) is 29.2. The molecule has 2 aliphatic rings. The Labute approximate surface area is 162 Å². The van der Waals surface area contributed by atoms with Crippen LogP contribution in [0.25, 0.3) is 0 Å². The lowest BCUT2D eigenvalue weighted by Gasteiger charge is -2.38. The third-order valence-corrected chi connectivity index (χ3v) is 5.57. The summed E-state index contributed by atoms with van der Waals surface area (Å²) in [5, 5.41) is 0. The molecule has 2 heterocycles. The Morgan fingerprint density at radius 3 is 2.00 bits per heavy atom. The highest BCUT2D eigenvalue weighted by Gasteiger charge is 2.34. The van der Waals surface area contributed by atoms with Crippen LogP contribution in [0.15, 0.2) is 30.3 Å². The number of carbonyl (C=O) groups excluding carboxylic acids is 2. The Kier molecular flexibility index (Phi) is 6.08. The van der Waals surface area contributed by atoms with E-state index in [0.29, 0.717) is 13.1 Å². The molecule has 0 saturated carbocycles. The van der Waals surface area contributed by atoms with Gasteiger partial charge in [0.15, 0.2) is 0 Å². The first kappa shape index (κ1) is 19.7. The molecule has 0 bridgehead atoms. The van der Waals surface area contributed by atoms with Gasteiger partial charge < -0.3 is 14.5 Å². The Morgan fingerprint density at radius 2 is 1.44 bits per heavy atom. The smallest absolute Gasteiger partial charge is 0.227 e. The number of amides is 2. The fourth-order valence-electron chi connectivity index (χ4n) is 3.95. The lowest BCUT2D eigenvalue weighted by molar-refractivity contribution is -0.145. The Morgan fingerprint density at radius 1 is 0.889 bits per heavy atom. The number of rotatable bonds is 3. The van der Waals surface area contributed by atoms with Gasteiger partial charge in [-0.15, -0.1) is 0 Å². The molecule has 148 valence electrons. The molecule has 0 radical (unpaired) electrons. The van der Waals surface area contributed by atoms with Gasteiger partial charge in [-0.2, -0.15) is 0 Å². The number of benzene rings is 1. The van der Waals surface area contributed by atoms with Crippen LogP contribution in [0.1, 0.15) is 46.5 Å². The van der Waals surface area contributed by atoms with Gasteiger partial charge in [0.25, 0.3) is 0 Å². The zero-order valence-corrected chi connectivity index (χ0v) is 16.8. The molecule has 0 unspecified atom stereocenters. The van der Waals surface area contributed by atoms with Crippen molar-refractivity contribution in [1.29, 1.82) is 0 Å². The maximum Gasteiger partial charge on any atom is 0.227 e. The van der Waals surface area contributed by atoms with E-state index in [2.05, 4.69) is 0 Å².